The van der Waals surface area contributed by atoms with E-state index in [0.717, 1.165) is 44.1 Å². The number of hydrogen-bond acceptors (Lipinski definition) is 4. The Morgan fingerprint density at radius 2 is 1.70 bits per heavy atom. The average Bonchev–Trinajstić information content (AvgIpc) is 3.24. The number of ether oxygens (including phenoxy) is 1. The smallest absolute Gasteiger partial charge is 0.217 e. The predicted molar refractivity (Wildman–Crippen MR) is 158 cm³/mol. The Morgan fingerprint density at radius 1 is 0.925 bits per heavy atom. The van der Waals surface area contributed by atoms with E-state index in [0.29, 0.717) is 23.1 Å². The molecule has 0 saturated carbocycles. The Labute approximate surface area is 249 Å². The van der Waals surface area contributed by atoms with Crippen LogP contribution in [-0.2, 0) is 26.5 Å². The molecule has 5 nitrogen and oxygen atoms in total. The molecular weight excluding hydrogens is 677 g/mol. The number of phenols is 1. The van der Waals surface area contributed by atoms with Crippen molar-refractivity contribution in [3.05, 3.63) is 95.7 Å². The van der Waals surface area contributed by atoms with E-state index in [4.69, 9.17) is 9.72 Å². The number of hydrogen-bond donors (Lipinski definition) is 1. The number of pyridine rings is 2. The summed E-state index contributed by atoms with van der Waals surface area (Å²) in [5, 5.41) is 14.0. The number of benzene rings is 3. The molecule has 0 aliphatic heterocycles. The van der Waals surface area contributed by atoms with E-state index in [1.54, 1.807) is 0 Å². The summed E-state index contributed by atoms with van der Waals surface area (Å²) in [7, 11) is 0. The Kier molecular flexibility index (Phi) is 7.22. The van der Waals surface area contributed by atoms with Crippen LogP contribution < -0.4 is 4.74 Å². The van der Waals surface area contributed by atoms with Gasteiger partial charge in [-0.3, -0.25) is 0 Å². The van der Waals surface area contributed by atoms with Gasteiger partial charge >= 0.3 is 0 Å². The van der Waals surface area contributed by atoms with E-state index < -0.39 is 0 Å². The summed E-state index contributed by atoms with van der Waals surface area (Å²) in [4.78, 5) is 9.42. The molecule has 3 aromatic heterocycles. The quantitative estimate of drug-likeness (QED) is 0.186. The normalized spacial score (nSPS) is 11.9. The summed E-state index contributed by atoms with van der Waals surface area (Å²) in [5.41, 5.74) is 5.49. The number of fused-ring (bicyclic) bond motifs is 4. The minimum atomic E-state index is -0.173. The minimum absolute atomic E-state index is 0. The van der Waals surface area contributed by atoms with Gasteiger partial charge in [-0.15, -0.1) is 17.5 Å². The van der Waals surface area contributed by atoms with Gasteiger partial charge in [-0.2, -0.15) is 6.07 Å². The maximum atomic E-state index is 10.9. The van der Waals surface area contributed by atoms with Gasteiger partial charge in [0.1, 0.15) is 17.1 Å². The van der Waals surface area contributed by atoms with Gasteiger partial charge in [0.05, 0.1) is 0 Å². The zero-order valence-electron chi connectivity index (χ0n) is 23.5. The number of aromatic nitrogens is 3. The van der Waals surface area contributed by atoms with Crippen molar-refractivity contribution < 1.29 is 30.9 Å². The first-order valence-electron chi connectivity index (χ1n) is 13.4. The molecule has 0 amide bonds. The Morgan fingerprint density at radius 3 is 2.40 bits per heavy atom. The van der Waals surface area contributed by atoms with Gasteiger partial charge in [0.25, 0.3) is 0 Å². The molecule has 6 rings (SSSR count). The number of aryl methyl sites for hydroxylation is 1. The van der Waals surface area contributed by atoms with Crippen LogP contribution in [0, 0.1) is 13.0 Å². The SMILES string of the molecule is Cc1ccc2c(C(C)(C)C)cc(Oc3[c-]c4c(cc3)c3cccc(C(C)C)c3n4-c3ccccn3)nc2c1O.[Pt]. The van der Waals surface area contributed by atoms with Crippen molar-refractivity contribution >= 4 is 32.7 Å². The van der Waals surface area contributed by atoms with E-state index in [1.165, 1.54) is 5.56 Å². The molecule has 0 spiro atoms. The Balaban J connectivity index is 0.00000323. The summed E-state index contributed by atoms with van der Waals surface area (Å²) in [6.07, 6.45) is 1.81. The number of para-hydroxylation sites is 1. The van der Waals surface area contributed by atoms with Crippen molar-refractivity contribution in [2.24, 2.45) is 0 Å². The molecule has 0 aliphatic carbocycles. The van der Waals surface area contributed by atoms with Crippen LogP contribution >= 0.6 is 0 Å². The van der Waals surface area contributed by atoms with Crippen LogP contribution in [0.5, 0.6) is 17.4 Å². The van der Waals surface area contributed by atoms with Crippen LogP contribution in [-0.4, -0.2) is 19.6 Å². The van der Waals surface area contributed by atoms with E-state index in [-0.39, 0.29) is 32.2 Å². The van der Waals surface area contributed by atoms with Gasteiger partial charge in [0.15, 0.2) is 0 Å². The molecule has 0 aliphatic rings. The zero-order chi connectivity index (χ0) is 27.5. The largest absolute Gasteiger partial charge is 0.505 e. The Hall–Kier alpha value is -3.69. The fourth-order valence-electron chi connectivity index (χ4n) is 5.38. The summed E-state index contributed by atoms with van der Waals surface area (Å²) in [6.45, 7) is 12.8. The summed E-state index contributed by atoms with van der Waals surface area (Å²) in [5.74, 6) is 2.32. The molecule has 1 N–H and O–H groups in total. The van der Waals surface area contributed by atoms with Crippen LogP contribution in [0.1, 0.15) is 57.2 Å². The third-order valence-corrected chi connectivity index (χ3v) is 7.36. The summed E-state index contributed by atoms with van der Waals surface area (Å²) < 4.78 is 8.56. The molecule has 40 heavy (non-hydrogen) atoms. The van der Waals surface area contributed by atoms with Crippen molar-refractivity contribution in [2.75, 3.05) is 0 Å². The fraction of sp³-hybridized carbons (Fsp3) is 0.235. The monoisotopic (exact) mass is 709 g/mol. The fourth-order valence-corrected chi connectivity index (χ4v) is 5.38. The molecule has 0 bridgehead atoms. The first kappa shape index (κ1) is 27.9. The van der Waals surface area contributed by atoms with Crippen molar-refractivity contribution in [2.45, 2.75) is 52.9 Å². The van der Waals surface area contributed by atoms with E-state index in [2.05, 4.69) is 74.5 Å². The maximum Gasteiger partial charge on any atom is 0.217 e. The standard InChI is InChI=1S/C34H32N3O2.Pt/c1-20(2)23-10-9-11-25-24-16-14-22(18-28(24)37(32(23)25)29-12-7-8-17-35-29)39-30-19-27(34(4,5)6)26-15-13-21(3)33(38)31(26)36-30;/h7-17,19-20,38H,1-6H3;/q-1;. The van der Waals surface area contributed by atoms with E-state index in [1.807, 2.05) is 55.6 Å². The third kappa shape index (κ3) is 4.67. The maximum absolute atomic E-state index is 10.9. The molecule has 3 heterocycles. The summed E-state index contributed by atoms with van der Waals surface area (Å²) >= 11 is 0. The number of rotatable bonds is 4. The second kappa shape index (κ2) is 10.4. The van der Waals surface area contributed by atoms with Gasteiger partial charge in [-0.1, -0.05) is 76.5 Å². The number of nitrogens with zero attached hydrogens (tertiary/aromatic N) is 3. The molecule has 0 saturated heterocycles. The number of phenolic OH excluding ortho intramolecular Hbond substituents is 1. The van der Waals surface area contributed by atoms with Crippen molar-refractivity contribution in [1.82, 2.24) is 14.5 Å². The zero-order valence-corrected chi connectivity index (χ0v) is 25.8. The summed E-state index contributed by atoms with van der Waals surface area (Å²) in [6, 6.07) is 25.9. The van der Waals surface area contributed by atoms with Crippen LogP contribution in [0.2, 0.25) is 0 Å². The van der Waals surface area contributed by atoms with Gasteiger partial charge < -0.3 is 14.4 Å². The van der Waals surface area contributed by atoms with E-state index >= 15 is 0 Å². The Bertz CT molecular complexity index is 1870. The molecule has 3 aromatic carbocycles. The van der Waals surface area contributed by atoms with Crippen molar-refractivity contribution in [3.8, 4) is 23.2 Å². The van der Waals surface area contributed by atoms with Crippen LogP contribution in [0.15, 0.2) is 72.9 Å². The average molecular weight is 710 g/mol. The first-order valence-corrected chi connectivity index (χ1v) is 13.4. The third-order valence-electron chi connectivity index (χ3n) is 7.36. The van der Waals surface area contributed by atoms with Crippen LogP contribution in [0.4, 0.5) is 0 Å². The minimum Gasteiger partial charge on any atom is -0.505 e. The van der Waals surface area contributed by atoms with Crippen LogP contribution in [0.25, 0.3) is 38.5 Å². The molecule has 6 aromatic rings. The topological polar surface area (TPSA) is 60.2 Å². The molecule has 0 atom stereocenters. The van der Waals surface area contributed by atoms with Gasteiger partial charge in [0, 0.05) is 50.0 Å². The van der Waals surface area contributed by atoms with Gasteiger partial charge in [0.2, 0.25) is 5.88 Å². The number of aromatic hydroxyl groups is 1. The molecular formula is C34H32N3O2Pt-. The van der Waals surface area contributed by atoms with Crippen molar-refractivity contribution in [3.63, 3.8) is 0 Å². The molecule has 0 unspecified atom stereocenters. The molecule has 0 radical (unpaired) electrons. The van der Waals surface area contributed by atoms with Crippen LogP contribution in [0.3, 0.4) is 0 Å². The van der Waals surface area contributed by atoms with Crippen molar-refractivity contribution in [1.29, 1.82) is 0 Å². The second-order valence-corrected chi connectivity index (χ2v) is 11.5. The van der Waals surface area contributed by atoms with Gasteiger partial charge in [-0.25, -0.2) is 9.97 Å². The predicted octanol–water partition coefficient (Wildman–Crippen LogP) is 8.75. The molecule has 6 heteroatoms. The molecule has 0 fully saturated rings. The van der Waals surface area contributed by atoms with E-state index in [9.17, 15) is 5.11 Å². The van der Waals surface area contributed by atoms with Gasteiger partial charge in [-0.05, 0) is 52.5 Å². The second-order valence-electron chi connectivity index (χ2n) is 11.5. The molecule has 206 valence electrons. The first-order chi connectivity index (χ1) is 18.6.